The van der Waals surface area contributed by atoms with Crippen LogP contribution >= 0.6 is 0 Å². The van der Waals surface area contributed by atoms with Crippen molar-refractivity contribution in [3.8, 4) is 0 Å². The average Bonchev–Trinajstić information content (AvgIpc) is 2.90. The van der Waals surface area contributed by atoms with Crippen LogP contribution in [0.15, 0.2) is 18.3 Å². The molecule has 2 heterocycles. The lowest BCUT2D eigenvalue weighted by Gasteiger charge is -2.29. The van der Waals surface area contributed by atoms with Crippen molar-refractivity contribution < 1.29 is 14.2 Å². The van der Waals surface area contributed by atoms with Crippen LogP contribution in [-0.2, 0) is 10.3 Å². The van der Waals surface area contributed by atoms with Crippen LogP contribution in [0.1, 0.15) is 25.5 Å². The van der Waals surface area contributed by atoms with Gasteiger partial charge in [0.15, 0.2) is 0 Å². The molecule has 4 nitrogen and oxygen atoms in total. The second-order valence-electron chi connectivity index (χ2n) is 4.87. The summed E-state index contributed by atoms with van der Waals surface area (Å²) >= 11 is 0. The molecule has 2 atom stereocenters. The van der Waals surface area contributed by atoms with E-state index >= 15 is 0 Å². The molecule has 1 aromatic rings. The van der Waals surface area contributed by atoms with Gasteiger partial charge in [-0.05, 0) is 31.9 Å². The van der Waals surface area contributed by atoms with Crippen LogP contribution in [-0.4, -0.2) is 36.0 Å². The first-order chi connectivity index (χ1) is 8.64. The second kappa shape index (κ2) is 5.73. The molecule has 2 unspecified atom stereocenters. The Morgan fingerprint density at radius 2 is 2.44 bits per heavy atom. The summed E-state index contributed by atoms with van der Waals surface area (Å²) < 4.78 is 18.4. The van der Waals surface area contributed by atoms with Crippen molar-refractivity contribution in [2.75, 3.05) is 19.8 Å². The summed E-state index contributed by atoms with van der Waals surface area (Å²) in [4.78, 5) is 4.03. The van der Waals surface area contributed by atoms with Gasteiger partial charge in [-0.1, -0.05) is 0 Å². The van der Waals surface area contributed by atoms with Crippen molar-refractivity contribution in [3.05, 3.63) is 29.8 Å². The predicted molar refractivity (Wildman–Crippen MR) is 65.6 cm³/mol. The van der Waals surface area contributed by atoms with Gasteiger partial charge in [0.25, 0.3) is 0 Å². The summed E-state index contributed by atoms with van der Waals surface area (Å²) in [5.41, 5.74) is -0.0379. The zero-order valence-corrected chi connectivity index (χ0v) is 10.5. The van der Waals surface area contributed by atoms with E-state index in [-0.39, 0.29) is 18.5 Å². The summed E-state index contributed by atoms with van der Waals surface area (Å²) in [6.45, 7) is 3.22. The summed E-state index contributed by atoms with van der Waals surface area (Å²) in [6, 6.07) is 2.94. The largest absolute Gasteiger partial charge is 0.394 e. The van der Waals surface area contributed by atoms with Crippen LogP contribution in [0.4, 0.5) is 4.39 Å². The van der Waals surface area contributed by atoms with E-state index in [0.29, 0.717) is 12.2 Å². The Morgan fingerprint density at radius 3 is 3.00 bits per heavy atom. The number of rotatable bonds is 5. The lowest BCUT2D eigenvalue weighted by atomic mass is 9.97. The number of aliphatic hydroxyl groups excluding tert-OH is 1. The number of pyridine rings is 1. The molecule has 1 saturated heterocycles. The van der Waals surface area contributed by atoms with Crippen LogP contribution in [0, 0.1) is 5.82 Å². The van der Waals surface area contributed by atoms with Gasteiger partial charge in [0, 0.05) is 13.2 Å². The van der Waals surface area contributed by atoms with Crippen LogP contribution < -0.4 is 5.32 Å². The fourth-order valence-corrected chi connectivity index (χ4v) is 2.07. The Kier molecular flexibility index (Phi) is 4.27. The van der Waals surface area contributed by atoms with E-state index in [2.05, 4.69) is 10.3 Å². The highest BCUT2D eigenvalue weighted by Gasteiger charge is 2.28. The standard InChI is InChI=1S/C13H19FN2O2/c1-13(9-17,12-5-4-10(14)7-15-12)16-8-11-3-2-6-18-11/h4-5,7,11,16-17H,2-3,6,8-9H2,1H3. The SMILES string of the molecule is CC(CO)(NCC1CCCO1)c1ccc(F)cn1. The van der Waals surface area contributed by atoms with Crippen LogP contribution in [0.2, 0.25) is 0 Å². The van der Waals surface area contributed by atoms with Crippen LogP contribution in [0.25, 0.3) is 0 Å². The number of halogens is 1. The zero-order valence-electron chi connectivity index (χ0n) is 10.5. The molecule has 100 valence electrons. The fourth-order valence-electron chi connectivity index (χ4n) is 2.07. The molecule has 1 aliphatic rings. The average molecular weight is 254 g/mol. The van der Waals surface area contributed by atoms with Crippen molar-refractivity contribution in [2.45, 2.75) is 31.4 Å². The Balaban J connectivity index is 2.01. The minimum absolute atomic E-state index is 0.0989. The molecule has 18 heavy (non-hydrogen) atoms. The van der Waals surface area contributed by atoms with Crippen molar-refractivity contribution >= 4 is 0 Å². The maximum Gasteiger partial charge on any atom is 0.141 e. The van der Waals surface area contributed by atoms with E-state index in [0.717, 1.165) is 25.6 Å². The first kappa shape index (κ1) is 13.4. The van der Waals surface area contributed by atoms with Crippen LogP contribution in [0.3, 0.4) is 0 Å². The Bertz CT molecular complexity index is 379. The minimum Gasteiger partial charge on any atom is -0.394 e. The van der Waals surface area contributed by atoms with Gasteiger partial charge < -0.3 is 15.2 Å². The fraction of sp³-hybridized carbons (Fsp3) is 0.615. The molecule has 1 aromatic heterocycles. The first-order valence-electron chi connectivity index (χ1n) is 6.23. The molecule has 0 radical (unpaired) electrons. The molecular weight excluding hydrogens is 235 g/mol. The number of nitrogens with zero attached hydrogens (tertiary/aromatic N) is 1. The van der Waals surface area contributed by atoms with Crippen LogP contribution in [0.5, 0.6) is 0 Å². The van der Waals surface area contributed by atoms with E-state index in [9.17, 15) is 9.50 Å². The molecular formula is C13H19FN2O2. The molecule has 0 aliphatic carbocycles. The Morgan fingerprint density at radius 1 is 1.61 bits per heavy atom. The molecule has 0 aromatic carbocycles. The number of hydrogen-bond acceptors (Lipinski definition) is 4. The minimum atomic E-state index is -0.667. The monoisotopic (exact) mass is 254 g/mol. The molecule has 0 amide bonds. The molecule has 1 aliphatic heterocycles. The van der Waals surface area contributed by atoms with Gasteiger partial charge in [0.05, 0.1) is 30.1 Å². The lowest BCUT2D eigenvalue weighted by Crippen LogP contribution is -2.46. The summed E-state index contributed by atoms with van der Waals surface area (Å²) in [6.07, 6.45) is 3.47. The van der Waals surface area contributed by atoms with Crippen molar-refractivity contribution in [2.24, 2.45) is 0 Å². The first-order valence-corrected chi connectivity index (χ1v) is 6.23. The summed E-state index contributed by atoms with van der Waals surface area (Å²) in [7, 11) is 0. The summed E-state index contributed by atoms with van der Waals surface area (Å²) in [5.74, 6) is -0.377. The van der Waals surface area contributed by atoms with Crippen molar-refractivity contribution in [1.29, 1.82) is 0 Å². The number of hydrogen-bond donors (Lipinski definition) is 2. The number of aromatic nitrogens is 1. The third-order valence-electron chi connectivity index (χ3n) is 3.35. The smallest absolute Gasteiger partial charge is 0.141 e. The number of ether oxygens (including phenoxy) is 1. The third-order valence-corrected chi connectivity index (χ3v) is 3.35. The third kappa shape index (κ3) is 3.04. The molecule has 1 fully saturated rings. The highest BCUT2D eigenvalue weighted by molar-refractivity contribution is 5.15. The van der Waals surface area contributed by atoms with Gasteiger partial charge in [0.2, 0.25) is 0 Å². The molecule has 0 saturated carbocycles. The highest BCUT2D eigenvalue weighted by Crippen LogP contribution is 2.19. The molecule has 2 N–H and O–H groups in total. The summed E-state index contributed by atoms with van der Waals surface area (Å²) in [5, 5.41) is 12.8. The van der Waals surface area contributed by atoms with Gasteiger partial charge in [-0.15, -0.1) is 0 Å². The Hall–Kier alpha value is -1.04. The van der Waals surface area contributed by atoms with Gasteiger partial charge in [-0.3, -0.25) is 4.98 Å². The van der Waals surface area contributed by atoms with Gasteiger partial charge in [0.1, 0.15) is 5.82 Å². The van der Waals surface area contributed by atoms with Gasteiger partial charge >= 0.3 is 0 Å². The molecule has 0 bridgehead atoms. The molecule has 0 spiro atoms. The van der Waals surface area contributed by atoms with E-state index in [1.807, 2.05) is 6.92 Å². The molecule has 2 rings (SSSR count). The number of aliphatic hydroxyl groups is 1. The van der Waals surface area contributed by atoms with E-state index in [1.165, 1.54) is 6.07 Å². The van der Waals surface area contributed by atoms with E-state index in [1.54, 1.807) is 6.07 Å². The topological polar surface area (TPSA) is 54.4 Å². The second-order valence-corrected chi connectivity index (χ2v) is 4.87. The van der Waals surface area contributed by atoms with Gasteiger partial charge in [-0.2, -0.15) is 0 Å². The number of nitrogens with one attached hydrogen (secondary N) is 1. The molecule has 5 heteroatoms. The Labute approximate surface area is 106 Å². The zero-order chi connectivity index (χ0) is 13.0. The van der Waals surface area contributed by atoms with Crippen molar-refractivity contribution in [1.82, 2.24) is 10.3 Å². The quantitative estimate of drug-likeness (QED) is 0.829. The maximum absolute atomic E-state index is 12.8. The normalized spacial score (nSPS) is 22.9. The van der Waals surface area contributed by atoms with E-state index in [4.69, 9.17) is 4.74 Å². The predicted octanol–water partition coefficient (Wildman–Crippen LogP) is 1.20. The highest BCUT2D eigenvalue weighted by atomic mass is 19.1. The van der Waals surface area contributed by atoms with E-state index < -0.39 is 5.54 Å². The van der Waals surface area contributed by atoms with Gasteiger partial charge in [-0.25, -0.2) is 4.39 Å². The maximum atomic E-state index is 12.8. The lowest BCUT2D eigenvalue weighted by molar-refractivity contribution is 0.0901. The van der Waals surface area contributed by atoms with Crippen molar-refractivity contribution in [3.63, 3.8) is 0 Å².